The van der Waals surface area contributed by atoms with E-state index in [-0.39, 0.29) is 5.88 Å². The number of fused-ring (bicyclic) bond motifs is 1. The molecule has 2 aromatic rings. The second kappa shape index (κ2) is 7.46. The maximum atomic E-state index is 11.6. The van der Waals surface area contributed by atoms with E-state index in [9.17, 15) is 8.42 Å². The van der Waals surface area contributed by atoms with Crippen LogP contribution >= 0.6 is 12.9 Å². The number of allylic oxidation sites excluding steroid dienone is 3. The Bertz CT molecular complexity index is 1140. The van der Waals surface area contributed by atoms with Crippen molar-refractivity contribution in [2.24, 2.45) is 0 Å². The lowest BCUT2D eigenvalue weighted by Gasteiger charge is -2.13. The van der Waals surface area contributed by atoms with Crippen molar-refractivity contribution in [3.05, 3.63) is 47.5 Å². The normalized spacial score (nSPS) is 16.4. The molecule has 1 aliphatic carbocycles. The molecule has 1 aliphatic rings. The number of benzene rings is 1. The number of methoxy groups -OCH3 is 1. The number of sulfone groups is 1. The third-order valence-corrected chi connectivity index (χ3v) is 4.84. The monoisotopic (exact) mass is 405 g/mol. The summed E-state index contributed by atoms with van der Waals surface area (Å²) in [5.41, 5.74) is 3.32. The zero-order chi connectivity index (χ0) is 19.6. The van der Waals surface area contributed by atoms with Crippen molar-refractivity contribution in [1.29, 1.82) is 5.26 Å². The first-order valence-corrected chi connectivity index (χ1v) is 10.3. The first kappa shape index (κ1) is 19.0. The summed E-state index contributed by atoms with van der Waals surface area (Å²) in [6, 6.07) is 7.30. The molecular weight excluding hydrogens is 388 g/mol. The Morgan fingerprint density at radius 1 is 1.44 bits per heavy atom. The van der Waals surface area contributed by atoms with E-state index in [2.05, 4.69) is 28.9 Å². The molecule has 0 bridgehead atoms. The van der Waals surface area contributed by atoms with Gasteiger partial charge in [0, 0.05) is 11.0 Å². The molecule has 1 aromatic carbocycles. The molecule has 0 saturated heterocycles. The average Bonchev–Trinajstić information content (AvgIpc) is 3.07. The zero-order valence-corrected chi connectivity index (χ0v) is 16.3. The van der Waals surface area contributed by atoms with Gasteiger partial charge in [0.15, 0.2) is 0 Å². The molecule has 8 nitrogen and oxygen atoms in total. The Morgan fingerprint density at radius 3 is 2.85 bits per heavy atom. The summed E-state index contributed by atoms with van der Waals surface area (Å²) in [5.74, 6) is 0.762. The van der Waals surface area contributed by atoms with Gasteiger partial charge in [-0.05, 0) is 18.2 Å². The predicted molar refractivity (Wildman–Crippen MR) is 104 cm³/mol. The van der Waals surface area contributed by atoms with Crippen LogP contribution in [0.4, 0.5) is 0 Å². The Kier molecular flexibility index (Phi) is 5.25. The van der Waals surface area contributed by atoms with Crippen LogP contribution in [0.25, 0.3) is 16.6 Å². The summed E-state index contributed by atoms with van der Waals surface area (Å²) in [4.78, 5) is 7.72. The minimum atomic E-state index is -3.30. The lowest BCUT2D eigenvalue weighted by molar-refractivity contribution is -0.727. The maximum Gasteiger partial charge on any atom is 0.292 e. The molecule has 0 aliphatic heterocycles. The fourth-order valence-corrected chi connectivity index (χ4v) is 3.62. The standard InChI is InChI=1S/C17H16N4O4S2/c1-24-16-8-12(21(25-26)10-27(2,22)23)4-5-13(16)17-19-14-6-3-11(9-18)7-15(14)20-17/h3,5-8H,4,10H2,1-2H3,(H-,19,20,26)/p+1. The predicted octanol–water partition coefficient (Wildman–Crippen LogP) is 1.98. The second-order valence-corrected chi connectivity index (χ2v) is 8.24. The van der Waals surface area contributed by atoms with Gasteiger partial charge >= 0.3 is 0 Å². The minimum absolute atomic E-state index is 0.329. The van der Waals surface area contributed by atoms with Gasteiger partial charge in [-0.3, -0.25) is 0 Å². The molecule has 0 saturated carbocycles. The van der Waals surface area contributed by atoms with Crippen LogP contribution in [0.3, 0.4) is 0 Å². The summed E-state index contributed by atoms with van der Waals surface area (Å²) in [7, 11) is -1.79. The number of aromatic nitrogens is 2. The van der Waals surface area contributed by atoms with Crippen LogP contribution in [0, 0.1) is 11.3 Å². The minimum Gasteiger partial charge on any atom is -0.496 e. The number of hydroxylamine groups is 1. The number of aromatic amines is 1. The summed E-state index contributed by atoms with van der Waals surface area (Å²) in [6.07, 6.45) is 5.06. The van der Waals surface area contributed by atoms with Crippen LogP contribution in [0.2, 0.25) is 0 Å². The highest BCUT2D eigenvalue weighted by Crippen LogP contribution is 2.28. The van der Waals surface area contributed by atoms with E-state index in [1.54, 1.807) is 24.3 Å². The molecule has 0 radical (unpaired) electrons. The van der Waals surface area contributed by atoms with Crippen molar-refractivity contribution in [1.82, 2.24) is 9.97 Å². The number of H-pyrrole nitrogens is 1. The number of rotatable bonds is 5. The lowest BCUT2D eigenvalue weighted by atomic mass is 10.0. The van der Waals surface area contributed by atoms with E-state index < -0.39 is 9.84 Å². The number of hydrogen-bond donors (Lipinski definition) is 2. The molecule has 1 aromatic heterocycles. The van der Waals surface area contributed by atoms with Crippen molar-refractivity contribution in [3.63, 3.8) is 0 Å². The van der Waals surface area contributed by atoms with Gasteiger partial charge in [-0.1, -0.05) is 6.08 Å². The van der Waals surface area contributed by atoms with Crippen molar-refractivity contribution in [2.45, 2.75) is 6.42 Å². The van der Waals surface area contributed by atoms with E-state index in [4.69, 9.17) is 14.3 Å². The maximum absolute atomic E-state index is 11.6. The average molecular weight is 405 g/mol. The SMILES string of the molecule is COC1=CC(=[N+](CS(C)(=O)=O)OS)CC=C1c1nc2ccc(C#N)cc2[nH]1. The van der Waals surface area contributed by atoms with Crippen LogP contribution < -0.4 is 0 Å². The van der Waals surface area contributed by atoms with Crippen molar-refractivity contribution >= 4 is 45.1 Å². The van der Waals surface area contributed by atoms with Gasteiger partial charge in [-0.15, -0.1) is 0 Å². The molecule has 0 fully saturated rings. The summed E-state index contributed by atoms with van der Waals surface area (Å²) in [6.45, 7) is 0. The Labute approximate surface area is 161 Å². The molecule has 0 amide bonds. The van der Waals surface area contributed by atoms with Crippen LogP contribution in [0.15, 0.2) is 36.1 Å². The highest BCUT2D eigenvalue weighted by molar-refractivity contribution is 7.90. The summed E-state index contributed by atoms with van der Waals surface area (Å²) >= 11 is 3.75. The van der Waals surface area contributed by atoms with E-state index in [0.29, 0.717) is 29.3 Å². The van der Waals surface area contributed by atoms with Crippen LogP contribution in [-0.4, -0.2) is 48.1 Å². The largest absolute Gasteiger partial charge is 0.496 e. The molecule has 0 unspecified atom stereocenters. The molecule has 10 heteroatoms. The van der Waals surface area contributed by atoms with Crippen LogP contribution in [-0.2, 0) is 18.9 Å². The van der Waals surface area contributed by atoms with E-state index >= 15 is 0 Å². The number of thiol groups is 1. The number of imidazole rings is 1. The molecule has 140 valence electrons. The number of hydrogen-bond acceptors (Lipinski definition) is 7. The molecule has 0 spiro atoms. The van der Waals surface area contributed by atoms with Crippen molar-refractivity contribution < 1.29 is 22.2 Å². The fourth-order valence-electron chi connectivity index (χ4n) is 2.73. The van der Waals surface area contributed by atoms with Gasteiger partial charge in [-0.2, -0.15) is 5.26 Å². The Balaban J connectivity index is 2.00. The fraction of sp³-hybridized carbons (Fsp3) is 0.235. The number of nitrogens with zero attached hydrogens (tertiary/aromatic N) is 3. The van der Waals surface area contributed by atoms with Crippen LogP contribution in [0.5, 0.6) is 0 Å². The zero-order valence-electron chi connectivity index (χ0n) is 14.6. The van der Waals surface area contributed by atoms with Gasteiger partial charge in [0.1, 0.15) is 24.5 Å². The summed E-state index contributed by atoms with van der Waals surface area (Å²) < 4.78 is 34.7. The number of nitrogens with one attached hydrogen (secondary N) is 1. The molecule has 1 N–H and O–H groups in total. The van der Waals surface area contributed by atoms with Gasteiger partial charge in [-0.25, -0.2) is 17.7 Å². The van der Waals surface area contributed by atoms with Gasteiger partial charge in [0.25, 0.3) is 5.88 Å². The quantitative estimate of drug-likeness (QED) is 0.341. The van der Waals surface area contributed by atoms with E-state index in [1.807, 2.05) is 6.08 Å². The highest BCUT2D eigenvalue weighted by atomic mass is 32.2. The van der Waals surface area contributed by atoms with Crippen molar-refractivity contribution in [3.8, 4) is 6.07 Å². The number of nitriles is 1. The van der Waals surface area contributed by atoms with Crippen LogP contribution in [0.1, 0.15) is 17.8 Å². The Hall–Kier alpha value is -2.77. The first-order valence-electron chi connectivity index (χ1n) is 7.83. The topological polar surface area (TPSA) is 108 Å². The van der Waals surface area contributed by atoms with Gasteiger partial charge < -0.3 is 9.72 Å². The smallest absolute Gasteiger partial charge is 0.292 e. The van der Waals surface area contributed by atoms with Gasteiger partial charge in [0.05, 0.1) is 47.8 Å². The molecular formula is C17H17N4O4S2+. The van der Waals surface area contributed by atoms with Crippen molar-refractivity contribution in [2.75, 3.05) is 19.2 Å². The Morgan fingerprint density at radius 2 is 2.22 bits per heavy atom. The number of ether oxygens (including phenoxy) is 1. The lowest BCUT2D eigenvalue weighted by Crippen LogP contribution is -2.25. The van der Waals surface area contributed by atoms with E-state index in [0.717, 1.165) is 22.9 Å². The third kappa shape index (κ3) is 4.15. The molecule has 1 heterocycles. The molecule has 0 atom stereocenters. The van der Waals surface area contributed by atoms with E-state index in [1.165, 1.54) is 11.8 Å². The van der Waals surface area contributed by atoms with Gasteiger partial charge in [0.2, 0.25) is 15.5 Å². The third-order valence-electron chi connectivity index (χ3n) is 3.94. The molecule has 27 heavy (non-hydrogen) atoms. The second-order valence-electron chi connectivity index (χ2n) is 5.97. The highest BCUT2D eigenvalue weighted by Gasteiger charge is 2.26. The summed E-state index contributed by atoms with van der Waals surface area (Å²) in [5, 5.41) is 9.02. The first-order chi connectivity index (χ1) is 12.8. The molecule has 3 rings (SSSR count).